The zero-order valence-electron chi connectivity index (χ0n) is 19.2. The number of rotatable bonds is 5. The van der Waals surface area contributed by atoms with Crippen molar-refractivity contribution in [1.82, 2.24) is 24.6 Å². The fourth-order valence-electron chi connectivity index (χ4n) is 5.25. The first-order valence-electron chi connectivity index (χ1n) is 11.6. The molecule has 6 heteroatoms. The minimum atomic E-state index is 0.426. The van der Waals surface area contributed by atoms with Crippen LogP contribution in [0.5, 0.6) is 0 Å². The molecule has 5 rings (SSSR count). The monoisotopic (exact) mass is 418 g/mol. The number of hydrogen-bond acceptors (Lipinski definition) is 5. The van der Waals surface area contributed by atoms with E-state index in [9.17, 15) is 0 Å². The van der Waals surface area contributed by atoms with Gasteiger partial charge in [-0.2, -0.15) is 5.10 Å². The molecule has 0 unspecified atom stereocenters. The van der Waals surface area contributed by atoms with Crippen LogP contribution in [0.2, 0.25) is 0 Å². The predicted molar refractivity (Wildman–Crippen MR) is 126 cm³/mol. The number of fused-ring (bicyclic) bond motifs is 2. The van der Waals surface area contributed by atoms with Crippen LogP contribution >= 0.6 is 0 Å². The maximum atomic E-state index is 4.62. The number of anilines is 1. The van der Waals surface area contributed by atoms with Crippen LogP contribution in [-0.2, 0) is 7.05 Å². The van der Waals surface area contributed by atoms with Crippen LogP contribution in [0.15, 0.2) is 36.8 Å². The molecular formula is C25H34N6. The molecule has 164 valence electrons. The van der Waals surface area contributed by atoms with Gasteiger partial charge in [0.05, 0.1) is 5.52 Å². The van der Waals surface area contributed by atoms with Crippen LogP contribution in [0.25, 0.3) is 22.0 Å². The third-order valence-electron chi connectivity index (χ3n) is 6.94. The smallest absolute Gasteiger partial charge is 0.222 e. The Balaban J connectivity index is 1.17. The zero-order chi connectivity index (χ0) is 21.6. The van der Waals surface area contributed by atoms with Crippen molar-refractivity contribution in [2.45, 2.75) is 46.1 Å². The molecule has 1 saturated carbocycles. The van der Waals surface area contributed by atoms with Gasteiger partial charge < -0.3 is 10.2 Å². The van der Waals surface area contributed by atoms with Crippen molar-refractivity contribution in [3.63, 3.8) is 0 Å². The van der Waals surface area contributed by atoms with Crippen molar-refractivity contribution in [3.8, 4) is 11.1 Å². The molecule has 2 aliphatic rings. The van der Waals surface area contributed by atoms with Crippen LogP contribution < -0.4 is 5.32 Å². The third kappa shape index (κ3) is 4.59. The van der Waals surface area contributed by atoms with Crippen molar-refractivity contribution in [1.29, 1.82) is 0 Å². The second-order valence-electron chi connectivity index (χ2n) is 10.8. The SMILES string of the molecule is Cn1cc2cc(-c3cnc(N[C@H]4C[C@@H]5CN(CCC(C)(C)C)C[C@@H]5C4)nc3)ccc2n1. The zero-order valence-corrected chi connectivity index (χ0v) is 19.2. The van der Waals surface area contributed by atoms with Gasteiger partial charge in [-0.1, -0.05) is 26.8 Å². The molecule has 6 nitrogen and oxygen atoms in total. The van der Waals surface area contributed by atoms with Crippen molar-refractivity contribution >= 4 is 16.9 Å². The number of benzene rings is 1. The van der Waals surface area contributed by atoms with Gasteiger partial charge in [-0.3, -0.25) is 4.68 Å². The summed E-state index contributed by atoms with van der Waals surface area (Å²) in [4.78, 5) is 11.9. The van der Waals surface area contributed by atoms with Crippen LogP contribution in [0.3, 0.4) is 0 Å². The minimum absolute atomic E-state index is 0.426. The van der Waals surface area contributed by atoms with Crippen molar-refractivity contribution in [3.05, 3.63) is 36.8 Å². The van der Waals surface area contributed by atoms with Gasteiger partial charge in [0.25, 0.3) is 0 Å². The summed E-state index contributed by atoms with van der Waals surface area (Å²) in [6.45, 7) is 10.8. The lowest BCUT2D eigenvalue weighted by Gasteiger charge is -2.24. The Hall–Kier alpha value is -2.47. The Morgan fingerprint density at radius 2 is 1.74 bits per heavy atom. The van der Waals surface area contributed by atoms with Gasteiger partial charge in [0.15, 0.2) is 0 Å². The topological polar surface area (TPSA) is 58.9 Å². The highest BCUT2D eigenvalue weighted by Crippen LogP contribution is 2.39. The van der Waals surface area contributed by atoms with Crippen molar-refractivity contribution < 1.29 is 0 Å². The second-order valence-corrected chi connectivity index (χ2v) is 10.8. The van der Waals surface area contributed by atoms with E-state index in [1.807, 2.05) is 30.3 Å². The molecule has 2 fully saturated rings. The van der Waals surface area contributed by atoms with E-state index in [2.05, 4.69) is 64.3 Å². The summed E-state index contributed by atoms with van der Waals surface area (Å²) in [6.07, 6.45) is 9.64. The van der Waals surface area contributed by atoms with Gasteiger partial charge in [-0.05, 0) is 60.8 Å². The highest BCUT2D eigenvalue weighted by atomic mass is 15.2. The molecule has 1 N–H and O–H groups in total. The molecule has 2 aromatic heterocycles. The number of nitrogens with zero attached hydrogens (tertiary/aromatic N) is 5. The molecule has 0 radical (unpaired) electrons. The number of hydrogen-bond donors (Lipinski definition) is 1. The molecule has 0 amide bonds. The van der Waals surface area contributed by atoms with Gasteiger partial charge in [-0.25, -0.2) is 9.97 Å². The number of aromatic nitrogens is 4. The van der Waals surface area contributed by atoms with Crippen molar-refractivity contribution in [2.24, 2.45) is 24.3 Å². The van der Waals surface area contributed by atoms with Gasteiger partial charge in [0.2, 0.25) is 5.95 Å². The Bertz CT molecular complexity index is 1030. The summed E-state index contributed by atoms with van der Waals surface area (Å²) in [5, 5.41) is 9.17. The standard InChI is InChI=1S/C25H34N6/c1-25(2,3)7-8-31-15-18-10-22(11-19(18)16-31)28-24-26-12-21(13-27-24)17-5-6-23-20(9-17)14-30(4)29-23/h5-6,9,12-14,18-19,22H,7-8,10-11,15-16H2,1-4H3,(H,26,27,28)/t18-,19+,22+. The molecule has 3 heterocycles. The maximum Gasteiger partial charge on any atom is 0.222 e. The Kier molecular flexibility index (Phi) is 5.21. The lowest BCUT2D eigenvalue weighted by molar-refractivity contribution is 0.250. The van der Waals surface area contributed by atoms with Gasteiger partial charge in [-0.15, -0.1) is 0 Å². The van der Waals surface area contributed by atoms with E-state index in [1.165, 1.54) is 38.9 Å². The summed E-state index contributed by atoms with van der Waals surface area (Å²) in [7, 11) is 1.95. The summed E-state index contributed by atoms with van der Waals surface area (Å²) in [6, 6.07) is 6.79. The first-order chi connectivity index (χ1) is 14.8. The molecule has 0 bridgehead atoms. The minimum Gasteiger partial charge on any atom is -0.351 e. The molecule has 0 spiro atoms. The molecule has 3 atom stereocenters. The molecule has 1 saturated heterocycles. The number of aryl methyl sites for hydroxylation is 1. The third-order valence-corrected chi connectivity index (χ3v) is 6.94. The van der Waals surface area contributed by atoms with Gasteiger partial charge >= 0.3 is 0 Å². The lowest BCUT2D eigenvalue weighted by Crippen LogP contribution is -2.28. The van der Waals surface area contributed by atoms with E-state index < -0.39 is 0 Å². The molecule has 1 aliphatic carbocycles. The van der Waals surface area contributed by atoms with E-state index in [0.29, 0.717) is 11.5 Å². The Labute approximate surface area is 185 Å². The van der Waals surface area contributed by atoms with Crippen LogP contribution in [0, 0.1) is 17.3 Å². The second kappa shape index (κ2) is 7.90. The number of nitrogens with one attached hydrogen (secondary N) is 1. The van der Waals surface area contributed by atoms with Crippen LogP contribution in [0.4, 0.5) is 5.95 Å². The van der Waals surface area contributed by atoms with Gasteiger partial charge in [0, 0.05) is 55.7 Å². The number of likely N-dealkylation sites (tertiary alicyclic amines) is 1. The highest BCUT2D eigenvalue weighted by molar-refractivity contribution is 5.83. The Morgan fingerprint density at radius 3 is 2.42 bits per heavy atom. The normalized spacial score (nSPS) is 24.1. The molecule has 1 aromatic carbocycles. The van der Waals surface area contributed by atoms with E-state index >= 15 is 0 Å². The largest absolute Gasteiger partial charge is 0.351 e. The first kappa shape index (κ1) is 20.4. The summed E-state index contributed by atoms with van der Waals surface area (Å²) < 4.78 is 1.85. The molecule has 3 aromatic rings. The molecule has 1 aliphatic heterocycles. The first-order valence-corrected chi connectivity index (χ1v) is 11.6. The predicted octanol–water partition coefficient (Wildman–Crippen LogP) is 4.59. The fourth-order valence-corrected chi connectivity index (χ4v) is 5.25. The highest BCUT2D eigenvalue weighted by Gasteiger charge is 2.40. The molecule has 31 heavy (non-hydrogen) atoms. The van der Waals surface area contributed by atoms with E-state index in [1.54, 1.807) is 0 Å². The summed E-state index contributed by atoms with van der Waals surface area (Å²) >= 11 is 0. The average molecular weight is 419 g/mol. The maximum absolute atomic E-state index is 4.62. The van der Waals surface area contributed by atoms with E-state index in [0.717, 1.165) is 39.8 Å². The van der Waals surface area contributed by atoms with Crippen LogP contribution in [-0.4, -0.2) is 50.3 Å². The fraction of sp³-hybridized carbons (Fsp3) is 0.560. The van der Waals surface area contributed by atoms with E-state index in [4.69, 9.17) is 0 Å². The molecular weight excluding hydrogens is 384 g/mol. The summed E-state index contributed by atoms with van der Waals surface area (Å²) in [5.74, 6) is 2.40. The lowest BCUT2D eigenvalue weighted by atomic mass is 9.92. The average Bonchev–Trinajstić information content (AvgIpc) is 3.37. The quantitative estimate of drug-likeness (QED) is 0.657. The van der Waals surface area contributed by atoms with Crippen LogP contribution in [0.1, 0.15) is 40.0 Å². The van der Waals surface area contributed by atoms with Crippen molar-refractivity contribution in [2.75, 3.05) is 25.0 Å². The summed E-state index contributed by atoms with van der Waals surface area (Å²) in [5.41, 5.74) is 3.59. The van der Waals surface area contributed by atoms with Gasteiger partial charge in [0.1, 0.15) is 0 Å². The van der Waals surface area contributed by atoms with E-state index in [-0.39, 0.29) is 0 Å². The Morgan fingerprint density at radius 1 is 1.03 bits per heavy atom.